The van der Waals surface area contributed by atoms with Crippen LogP contribution in [-0.2, 0) is 0 Å². The summed E-state index contributed by atoms with van der Waals surface area (Å²) in [6.45, 7) is 4.93. The maximum Gasteiger partial charge on any atom is 0.263 e. The van der Waals surface area contributed by atoms with E-state index in [1.54, 1.807) is 24.2 Å². The summed E-state index contributed by atoms with van der Waals surface area (Å²) in [6.07, 6.45) is 7.29. The van der Waals surface area contributed by atoms with Crippen molar-refractivity contribution in [3.63, 3.8) is 0 Å². The van der Waals surface area contributed by atoms with E-state index in [2.05, 4.69) is 35.4 Å². The molecule has 2 aromatic rings. The summed E-state index contributed by atoms with van der Waals surface area (Å²) in [5, 5.41) is 3.01. The minimum Gasteiger partial charge on any atom is -0.396 e. The van der Waals surface area contributed by atoms with Crippen LogP contribution in [0.5, 0.6) is 0 Å². The molecule has 2 aromatic heterocycles. The molecule has 0 unspecified atom stereocenters. The van der Waals surface area contributed by atoms with Gasteiger partial charge in [-0.25, -0.2) is 9.97 Å². The maximum absolute atomic E-state index is 12.4. The number of thiophene rings is 1. The number of hydrogen-bond acceptors (Lipinski definition) is 6. The van der Waals surface area contributed by atoms with Crippen LogP contribution in [0.25, 0.3) is 10.3 Å². The Labute approximate surface area is 132 Å². The van der Waals surface area contributed by atoms with E-state index in [4.69, 9.17) is 5.73 Å². The highest BCUT2D eigenvalue weighted by Gasteiger charge is 2.26. The molecule has 2 heterocycles. The van der Waals surface area contributed by atoms with Crippen LogP contribution in [0.4, 0.5) is 5.69 Å². The van der Waals surface area contributed by atoms with Gasteiger partial charge in [0, 0.05) is 23.7 Å². The van der Waals surface area contributed by atoms with E-state index in [0.717, 1.165) is 12.8 Å². The van der Waals surface area contributed by atoms with Crippen LogP contribution < -0.4 is 11.1 Å². The van der Waals surface area contributed by atoms with Gasteiger partial charge in [0.1, 0.15) is 15.2 Å². The van der Waals surface area contributed by atoms with Crippen molar-refractivity contribution in [3.05, 3.63) is 17.3 Å². The zero-order chi connectivity index (χ0) is 15.5. The molecule has 0 aliphatic heterocycles. The van der Waals surface area contributed by atoms with Gasteiger partial charge in [0.05, 0.1) is 5.69 Å². The molecule has 5 nitrogen and oxygen atoms in total. The standard InChI is InChI=1S/C14H20N4OS2/c1-4-14(5-2,20-3)8-18-12(19)11-9(15)10-13(21-11)17-7-6-16-10/h6-7H,4-5,8,15H2,1-3H3,(H,18,19). The zero-order valence-electron chi connectivity index (χ0n) is 12.5. The van der Waals surface area contributed by atoms with E-state index < -0.39 is 0 Å². The minimum atomic E-state index is -0.141. The van der Waals surface area contributed by atoms with E-state index in [9.17, 15) is 4.79 Å². The number of carbonyl (C=O) groups is 1. The molecule has 0 fully saturated rings. The molecule has 114 valence electrons. The van der Waals surface area contributed by atoms with Crippen molar-refractivity contribution in [2.75, 3.05) is 18.5 Å². The van der Waals surface area contributed by atoms with E-state index in [0.29, 0.717) is 27.5 Å². The first-order valence-corrected chi connectivity index (χ1v) is 8.93. The van der Waals surface area contributed by atoms with Gasteiger partial charge in [-0.2, -0.15) is 11.8 Å². The van der Waals surface area contributed by atoms with Gasteiger partial charge in [-0.15, -0.1) is 11.3 Å². The van der Waals surface area contributed by atoms with Crippen LogP contribution >= 0.6 is 23.1 Å². The first kappa shape index (κ1) is 16.0. The third-order valence-corrected chi connectivity index (χ3v) is 6.55. The zero-order valence-corrected chi connectivity index (χ0v) is 14.1. The minimum absolute atomic E-state index is 0.0810. The maximum atomic E-state index is 12.4. The Morgan fingerprint density at radius 3 is 2.62 bits per heavy atom. The molecule has 0 radical (unpaired) electrons. The third kappa shape index (κ3) is 3.13. The molecular weight excluding hydrogens is 304 g/mol. The quantitative estimate of drug-likeness (QED) is 0.854. The summed E-state index contributed by atoms with van der Waals surface area (Å²) >= 11 is 3.08. The number of nitrogens with one attached hydrogen (secondary N) is 1. The lowest BCUT2D eigenvalue weighted by molar-refractivity contribution is 0.0954. The molecule has 0 aromatic carbocycles. The average molecular weight is 324 g/mol. The number of anilines is 1. The van der Waals surface area contributed by atoms with Gasteiger partial charge in [-0.1, -0.05) is 13.8 Å². The molecule has 0 aliphatic rings. The highest BCUT2D eigenvalue weighted by Crippen LogP contribution is 2.32. The number of nitrogens with zero attached hydrogens (tertiary/aromatic N) is 2. The van der Waals surface area contributed by atoms with Gasteiger partial charge in [0.15, 0.2) is 0 Å². The number of rotatable bonds is 6. The summed E-state index contributed by atoms with van der Waals surface area (Å²) in [7, 11) is 0. The summed E-state index contributed by atoms with van der Waals surface area (Å²) < 4.78 is 0.0810. The third-order valence-electron chi connectivity index (χ3n) is 3.86. The largest absolute Gasteiger partial charge is 0.396 e. The molecule has 21 heavy (non-hydrogen) atoms. The molecule has 0 bridgehead atoms. The second-order valence-electron chi connectivity index (χ2n) is 4.83. The summed E-state index contributed by atoms with van der Waals surface area (Å²) in [5.41, 5.74) is 7.04. The second-order valence-corrected chi connectivity index (χ2v) is 7.11. The monoisotopic (exact) mass is 324 g/mol. The molecule has 0 saturated heterocycles. The predicted molar refractivity (Wildman–Crippen MR) is 91.0 cm³/mol. The Morgan fingerprint density at radius 2 is 2.05 bits per heavy atom. The van der Waals surface area contributed by atoms with Crippen molar-refractivity contribution >= 4 is 45.0 Å². The van der Waals surface area contributed by atoms with Crippen molar-refractivity contribution in [2.45, 2.75) is 31.4 Å². The molecule has 0 atom stereocenters. The van der Waals surface area contributed by atoms with Crippen molar-refractivity contribution in [3.8, 4) is 0 Å². The summed E-state index contributed by atoms with van der Waals surface area (Å²) in [5.74, 6) is -0.141. The molecular formula is C14H20N4OS2. The smallest absolute Gasteiger partial charge is 0.263 e. The first-order valence-electron chi connectivity index (χ1n) is 6.89. The van der Waals surface area contributed by atoms with Gasteiger partial charge < -0.3 is 11.1 Å². The normalized spacial score (nSPS) is 11.8. The van der Waals surface area contributed by atoms with Crippen LogP contribution in [0.1, 0.15) is 36.4 Å². The van der Waals surface area contributed by atoms with Gasteiger partial charge in [-0.3, -0.25) is 4.79 Å². The number of aromatic nitrogens is 2. The Morgan fingerprint density at radius 1 is 1.38 bits per heavy atom. The van der Waals surface area contributed by atoms with Crippen LogP contribution in [0.15, 0.2) is 12.4 Å². The van der Waals surface area contributed by atoms with E-state index >= 15 is 0 Å². The highest BCUT2D eigenvalue weighted by molar-refractivity contribution is 8.00. The number of nitrogen functional groups attached to an aromatic ring is 1. The van der Waals surface area contributed by atoms with Crippen molar-refractivity contribution in [1.82, 2.24) is 15.3 Å². The van der Waals surface area contributed by atoms with Crippen LogP contribution in [0.3, 0.4) is 0 Å². The van der Waals surface area contributed by atoms with Gasteiger partial charge in [0.2, 0.25) is 0 Å². The molecule has 0 aliphatic carbocycles. The lowest BCUT2D eigenvalue weighted by Gasteiger charge is -2.29. The van der Waals surface area contributed by atoms with E-state index in [1.807, 2.05) is 0 Å². The number of hydrogen-bond donors (Lipinski definition) is 2. The highest BCUT2D eigenvalue weighted by atomic mass is 32.2. The fraction of sp³-hybridized carbons (Fsp3) is 0.500. The van der Waals surface area contributed by atoms with Crippen molar-refractivity contribution in [2.24, 2.45) is 0 Å². The summed E-state index contributed by atoms with van der Waals surface area (Å²) in [4.78, 5) is 22.0. The van der Waals surface area contributed by atoms with Crippen molar-refractivity contribution < 1.29 is 4.79 Å². The average Bonchev–Trinajstić information content (AvgIpc) is 2.87. The number of fused-ring (bicyclic) bond motifs is 1. The molecule has 0 spiro atoms. The molecule has 1 amide bonds. The Balaban J connectivity index is 2.17. The van der Waals surface area contributed by atoms with Gasteiger partial charge >= 0.3 is 0 Å². The van der Waals surface area contributed by atoms with E-state index in [-0.39, 0.29) is 10.7 Å². The molecule has 0 saturated carbocycles. The van der Waals surface area contributed by atoms with Crippen molar-refractivity contribution in [1.29, 1.82) is 0 Å². The Bertz CT molecular complexity index is 629. The number of nitrogens with two attached hydrogens (primary N) is 1. The molecule has 2 rings (SSSR count). The number of amides is 1. The lowest BCUT2D eigenvalue weighted by Crippen LogP contribution is -2.39. The van der Waals surface area contributed by atoms with Crippen LogP contribution in [-0.4, -0.2) is 33.4 Å². The number of carbonyl (C=O) groups excluding carboxylic acids is 1. The first-order chi connectivity index (χ1) is 10.1. The topological polar surface area (TPSA) is 80.9 Å². The predicted octanol–water partition coefficient (Wildman–Crippen LogP) is 2.93. The summed E-state index contributed by atoms with van der Waals surface area (Å²) in [6, 6.07) is 0. The van der Waals surface area contributed by atoms with Gasteiger partial charge in [0.25, 0.3) is 5.91 Å². The molecule has 7 heteroatoms. The number of thioether (sulfide) groups is 1. The van der Waals surface area contributed by atoms with E-state index in [1.165, 1.54) is 11.3 Å². The SMILES string of the molecule is CCC(CC)(CNC(=O)c1sc2nccnc2c1N)SC. The second kappa shape index (κ2) is 6.62. The Hall–Kier alpha value is -1.34. The Kier molecular flexibility index (Phi) is 5.05. The lowest BCUT2D eigenvalue weighted by atomic mass is 10.0. The van der Waals surface area contributed by atoms with Crippen LogP contribution in [0, 0.1) is 0 Å². The van der Waals surface area contributed by atoms with Crippen LogP contribution in [0.2, 0.25) is 0 Å². The molecule has 3 N–H and O–H groups in total. The van der Waals surface area contributed by atoms with Gasteiger partial charge in [-0.05, 0) is 19.1 Å². The fourth-order valence-corrected chi connectivity index (χ4v) is 3.93. The fourth-order valence-electron chi connectivity index (χ4n) is 2.20.